The van der Waals surface area contributed by atoms with Crippen molar-refractivity contribution >= 4 is 17.5 Å². The first kappa shape index (κ1) is 15.0. The molecule has 0 spiro atoms. The van der Waals surface area contributed by atoms with E-state index in [1.165, 1.54) is 0 Å². The molecule has 4 nitrogen and oxygen atoms in total. The number of aromatic nitrogens is 1. The molecule has 0 radical (unpaired) electrons. The van der Waals surface area contributed by atoms with E-state index in [9.17, 15) is 4.79 Å². The van der Waals surface area contributed by atoms with Crippen LogP contribution in [0.15, 0.2) is 48.8 Å². The van der Waals surface area contributed by atoms with Gasteiger partial charge in [0.1, 0.15) is 0 Å². The number of benzene rings is 1. The first-order chi connectivity index (χ1) is 10.6. The molecule has 0 unspecified atom stereocenters. The highest BCUT2D eigenvalue weighted by molar-refractivity contribution is 6.30. The van der Waals surface area contributed by atoms with Gasteiger partial charge in [0.2, 0.25) is 5.91 Å². The Bertz CT molecular complexity index is 645. The second kappa shape index (κ2) is 6.46. The number of likely N-dealkylation sites (N-methyl/N-ethyl adjacent to an activating group) is 1. The maximum Gasteiger partial charge on any atom is 0.224 e. The molecule has 1 aromatic heterocycles. The number of pyridine rings is 1. The maximum atomic E-state index is 12.1. The summed E-state index contributed by atoms with van der Waals surface area (Å²) in [5, 5.41) is 4.19. The number of halogens is 1. The van der Waals surface area contributed by atoms with Crippen molar-refractivity contribution in [1.82, 2.24) is 15.2 Å². The zero-order valence-electron chi connectivity index (χ0n) is 12.4. The van der Waals surface area contributed by atoms with E-state index >= 15 is 0 Å². The van der Waals surface area contributed by atoms with Gasteiger partial charge in [0.05, 0.1) is 6.04 Å². The number of hydrogen-bond donors (Lipinski definition) is 1. The summed E-state index contributed by atoms with van der Waals surface area (Å²) in [5.41, 5.74) is 2.21. The van der Waals surface area contributed by atoms with Gasteiger partial charge in [0.15, 0.2) is 0 Å². The summed E-state index contributed by atoms with van der Waals surface area (Å²) >= 11 is 5.96. The van der Waals surface area contributed by atoms with Gasteiger partial charge in [-0.15, -0.1) is 0 Å². The highest BCUT2D eigenvalue weighted by Crippen LogP contribution is 2.32. The molecule has 5 heteroatoms. The van der Waals surface area contributed by atoms with Crippen LogP contribution in [0, 0.1) is 0 Å². The Balaban J connectivity index is 1.76. The second-order valence-electron chi connectivity index (χ2n) is 5.55. The predicted molar refractivity (Wildman–Crippen MR) is 86.4 cm³/mol. The molecule has 1 aromatic carbocycles. The average molecular weight is 316 g/mol. The molecule has 2 heterocycles. The Morgan fingerprint density at radius 1 is 1.32 bits per heavy atom. The molecule has 0 aliphatic carbocycles. The summed E-state index contributed by atoms with van der Waals surface area (Å²) < 4.78 is 0. The highest BCUT2D eigenvalue weighted by Gasteiger charge is 2.38. The number of likely N-dealkylation sites (tertiary alicyclic amines) is 1. The summed E-state index contributed by atoms with van der Waals surface area (Å²) in [6.07, 6.45) is 4.10. The van der Waals surface area contributed by atoms with Gasteiger partial charge in [-0.05, 0) is 29.3 Å². The molecule has 1 amide bonds. The Morgan fingerprint density at radius 2 is 2.09 bits per heavy atom. The van der Waals surface area contributed by atoms with Crippen molar-refractivity contribution in [2.75, 3.05) is 7.05 Å². The van der Waals surface area contributed by atoms with E-state index in [-0.39, 0.29) is 18.0 Å². The third-order valence-electron chi connectivity index (χ3n) is 4.09. The summed E-state index contributed by atoms with van der Waals surface area (Å²) in [4.78, 5) is 18.0. The smallest absolute Gasteiger partial charge is 0.224 e. The van der Waals surface area contributed by atoms with Gasteiger partial charge in [-0.3, -0.25) is 9.78 Å². The van der Waals surface area contributed by atoms with Gasteiger partial charge in [-0.25, -0.2) is 0 Å². The molecule has 1 N–H and O–H groups in total. The minimum absolute atomic E-state index is 0.0291. The van der Waals surface area contributed by atoms with Crippen LogP contribution in [0.4, 0.5) is 0 Å². The molecule has 22 heavy (non-hydrogen) atoms. The molecule has 1 fully saturated rings. The van der Waals surface area contributed by atoms with E-state index < -0.39 is 0 Å². The van der Waals surface area contributed by atoms with Gasteiger partial charge in [-0.1, -0.05) is 29.8 Å². The normalized spacial score (nSPS) is 21.4. The fourth-order valence-corrected chi connectivity index (χ4v) is 3.05. The molecule has 0 bridgehead atoms. The summed E-state index contributed by atoms with van der Waals surface area (Å²) in [6, 6.07) is 11.8. The van der Waals surface area contributed by atoms with Crippen molar-refractivity contribution in [1.29, 1.82) is 0 Å². The zero-order chi connectivity index (χ0) is 15.5. The van der Waals surface area contributed by atoms with Crippen LogP contribution in [0.5, 0.6) is 0 Å². The van der Waals surface area contributed by atoms with Crippen LogP contribution in [0.2, 0.25) is 5.02 Å². The van der Waals surface area contributed by atoms with E-state index in [0.29, 0.717) is 18.0 Å². The van der Waals surface area contributed by atoms with Crippen molar-refractivity contribution in [3.8, 4) is 0 Å². The van der Waals surface area contributed by atoms with E-state index in [0.717, 1.165) is 11.1 Å². The fraction of sp³-hybridized carbons (Fsp3) is 0.294. The lowest BCUT2D eigenvalue weighted by Gasteiger charge is -2.26. The van der Waals surface area contributed by atoms with Gasteiger partial charge in [-0.2, -0.15) is 0 Å². The van der Waals surface area contributed by atoms with Crippen LogP contribution < -0.4 is 5.32 Å². The molecule has 1 aliphatic heterocycles. The monoisotopic (exact) mass is 315 g/mol. The van der Waals surface area contributed by atoms with Crippen LogP contribution in [0.25, 0.3) is 0 Å². The first-order valence-electron chi connectivity index (χ1n) is 7.28. The summed E-state index contributed by atoms with van der Waals surface area (Å²) in [7, 11) is 1.85. The largest absolute Gasteiger partial charge is 0.337 e. The maximum absolute atomic E-state index is 12.1. The number of carbonyl (C=O) groups excluding carboxylic acids is 1. The lowest BCUT2D eigenvalue weighted by molar-refractivity contribution is -0.127. The summed E-state index contributed by atoms with van der Waals surface area (Å²) in [6.45, 7) is 0.698. The van der Waals surface area contributed by atoms with Crippen molar-refractivity contribution in [2.24, 2.45) is 0 Å². The lowest BCUT2D eigenvalue weighted by atomic mass is 10.00. The quantitative estimate of drug-likeness (QED) is 0.943. The third-order valence-corrected chi connectivity index (χ3v) is 4.34. The SMILES string of the molecule is CN1C(=O)C[C@@H](NCc2cccnc2)[C@H]1c1ccc(Cl)cc1. The number of rotatable bonds is 4. The van der Waals surface area contributed by atoms with Crippen molar-refractivity contribution in [3.63, 3.8) is 0 Å². The molecule has 3 rings (SSSR count). The van der Waals surface area contributed by atoms with Crippen LogP contribution in [-0.2, 0) is 11.3 Å². The van der Waals surface area contributed by atoms with Crippen LogP contribution in [0.1, 0.15) is 23.6 Å². The van der Waals surface area contributed by atoms with E-state index in [2.05, 4.69) is 10.3 Å². The second-order valence-corrected chi connectivity index (χ2v) is 5.99. The Kier molecular flexibility index (Phi) is 4.41. The summed E-state index contributed by atoms with van der Waals surface area (Å²) in [5.74, 6) is 0.156. The standard InChI is InChI=1S/C17H18ClN3O/c1-21-16(22)9-15(20-11-12-3-2-8-19-10-12)17(21)13-4-6-14(18)7-5-13/h2-8,10,15,17,20H,9,11H2,1H3/t15-,17-/m1/s1. The highest BCUT2D eigenvalue weighted by atomic mass is 35.5. The number of carbonyl (C=O) groups is 1. The van der Waals surface area contributed by atoms with Crippen LogP contribution in [0.3, 0.4) is 0 Å². The molecular weight excluding hydrogens is 298 g/mol. The number of hydrogen-bond acceptors (Lipinski definition) is 3. The zero-order valence-corrected chi connectivity index (χ0v) is 13.1. The average Bonchev–Trinajstić information content (AvgIpc) is 2.82. The van der Waals surface area contributed by atoms with E-state index in [1.807, 2.05) is 54.5 Å². The van der Waals surface area contributed by atoms with E-state index in [4.69, 9.17) is 11.6 Å². The molecule has 0 saturated carbocycles. The van der Waals surface area contributed by atoms with Crippen molar-refractivity contribution in [3.05, 3.63) is 64.9 Å². The van der Waals surface area contributed by atoms with Crippen molar-refractivity contribution < 1.29 is 4.79 Å². The van der Waals surface area contributed by atoms with Crippen LogP contribution in [-0.4, -0.2) is 28.9 Å². The third kappa shape index (κ3) is 3.13. The molecule has 1 aliphatic rings. The van der Waals surface area contributed by atoms with Crippen molar-refractivity contribution in [2.45, 2.75) is 25.0 Å². The van der Waals surface area contributed by atoms with Crippen LogP contribution >= 0.6 is 11.6 Å². The molecular formula is C17H18ClN3O. The fourth-order valence-electron chi connectivity index (χ4n) is 2.92. The minimum atomic E-state index is 0.0291. The lowest BCUT2D eigenvalue weighted by Crippen LogP contribution is -2.34. The minimum Gasteiger partial charge on any atom is -0.337 e. The number of nitrogens with zero attached hydrogens (tertiary/aromatic N) is 2. The number of nitrogens with one attached hydrogen (secondary N) is 1. The van der Waals surface area contributed by atoms with Gasteiger partial charge < -0.3 is 10.2 Å². The molecule has 114 valence electrons. The first-order valence-corrected chi connectivity index (χ1v) is 7.66. The number of amides is 1. The Labute approximate surface area is 135 Å². The van der Waals surface area contributed by atoms with E-state index in [1.54, 1.807) is 6.20 Å². The molecule has 2 aromatic rings. The topological polar surface area (TPSA) is 45.2 Å². The van der Waals surface area contributed by atoms with Gasteiger partial charge in [0, 0.05) is 43.5 Å². The van der Waals surface area contributed by atoms with Gasteiger partial charge in [0.25, 0.3) is 0 Å². The van der Waals surface area contributed by atoms with Gasteiger partial charge >= 0.3 is 0 Å². The molecule has 2 atom stereocenters. The Morgan fingerprint density at radius 3 is 2.77 bits per heavy atom. The predicted octanol–water partition coefficient (Wildman–Crippen LogP) is 2.80. The Hall–Kier alpha value is -1.91. The molecule has 1 saturated heterocycles.